The summed E-state index contributed by atoms with van der Waals surface area (Å²) in [5.74, 6) is -2.33. The Kier molecular flexibility index (Phi) is 69.7. The maximum atomic E-state index is 13.1. The third-order valence-electron chi connectivity index (χ3n) is 15.1. The lowest BCUT2D eigenvalue weighted by Crippen LogP contribution is -2.30. The van der Waals surface area contributed by atoms with E-state index in [1.54, 1.807) is 0 Å². The van der Waals surface area contributed by atoms with E-state index in [0.717, 1.165) is 180 Å². The Hall–Kier alpha value is -5.58. The lowest BCUT2D eigenvalue weighted by molar-refractivity contribution is -0.161. The van der Waals surface area contributed by atoms with Crippen LogP contribution in [-0.4, -0.2) is 96.7 Å². The summed E-state index contributed by atoms with van der Waals surface area (Å²) in [6.07, 6.45) is 86.4. The Morgan fingerprint density at radius 1 is 0.284 bits per heavy atom. The second-order valence-electron chi connectivity index (χ2n) is 24.8. The number of phosphoric ester groups is 2. The second kappa shape index (κ2) is 73.7. The fourth-order valence-electron chi connectivity index (χ4n) is 9.41. The standard InChI is InChI=1S/C83H134O17P2/c1-5-9-13-17-21-25-29-33-36-38-41-44-47-51-55-59-63-67-80(85)93-73-78(99-82(87)69-65-61-57-53-49-43-32-28-24-20-16-12-8-4)75-97-101(89,90)95-71-77(84)72-96-102(91,92)98-76-79(100-83(88)70-66-62-58-54-50-46-40-35-31-27-23-19-15-11-7-3)74-94-81(86)68-64-60-56-52-48-45-42-39-37-34-30-26-22-18-14-10-6-2/h9-11,13-16,20-23,25-28,32-37,40-41,44,50-51,54-55,77-79,84H,5-8,12,17-19,24,29-31,38-39,42-43,45-49,52-53,56-76H2,1-4H3,(H,89,90)(H,91,92)/b13-9-,14-10-,15-11-,20-16-,25-21-,26-22-,27-23-,32-28-,36-33-,37-34-,40-35-,44-41-,54-50-,55-51-. The summed E-state index contributed by atoms with van der Waals surface area (Å²) >= 11 is 0. The number of ether oxygens (including phenoxy) is 4. The van der Waals surface area contributed by atoms with Crippen molar-refractivity contribution in [2.75, 3.05) is 39.6 Å². The number of rotatable bonds is 70. The van der Waals surface area contributed by atoms with Crippen molar-refractivity contribution < 1.29 is 80.2 Å². The first-order chi connectivity index (χ1) is 49.7. The summed E-state index contributed by atoms with van der Waals surface area (Å²) in [4.78, 5) is 72.9. The highest BCUT2D eigenvalue weighted by molar-refractivity contribution is 7.47. The molecule has 3 N–H and O–H groups in total. The van der Waals surface area contributed by atoms with Gasteiger partial charge < -0.3 is 33.8 Å². The highest BCUT2D eigenvalue weighted by atomic mass is 31.2. The van der Waals surface area contributed by atoms with Crippen molar-refractivity contribution in [1.82, 2.24) is 0 Å². The van der Waals surface area contributed by atoms with Gasteiger partial charge in [0, 0.05) is 25.7 Å². The number of allylic oxidation sites excluding steroid dienone is 28. The van der Waals surface area contributed by atoms with Crippen LogP contribution >= 0.6 is 15.6 Å². The molecule has 17 nitrogen and oxygen atoms in total. The summed E-state index contributed by atoms with van der Waals surface area (Å²) in [6, 6.07) is 0. The van der Waals surface area contributed by atoms with Crippen LogP contribution < -0.4 is 0 Å². The molecule has 0 fully saturated rings. The molecule has 0 aromatic heterocycles. The molecule has 0 aromatic rings. The molecule has 19 heteroatoms. The summed E-state index contributed by atoms with van der Waals surface area (Å²) in [6.45, 7) is 4.30. The smallest absolute Gasteiger partial charge is 0.462 e. The summed E-state index contributed by atoms with van der Waals surface area (Å²) < 4.78 is 68.4. The van der Waals surface area contributed by atoms with E-state index in [2.05, 4.69) is 186 Å². The average molecular weight is 1470 g/mol. The first-order valence-electron chi connectivity index (χ1n) is 38.4. The van der Waals surface area contributed by atoms with Crippen LogP contribution in [0.5, 0.6) is 0 Å². The third-order valence-corrected chi connectivity index (χ3v) is 17.0. The number of phosphoric acid groups is 2. The Morgan fingerprint density at radius 2 is 0.520 bits per heavy atom. The molecule has 0 amide bonds. The minimum Gasteiger partial charge on any atom is -0.462 e. The quantitative estimate of drug-likeness (QED) is 0.0169. The predicted molar refractivity (Wildman–Crippen MR) is 417 cm³/mol. The molecule has 0 aliphatic carbocycles. The molecule has 578 valence electrons. The summed E-state index contributed by atoms with van der Waals surface area (Å²) in [5, 5.41) is 10.6. The monoisotopic (exact) mass is 1460 g/mol. The number of hydrogen-bond acceptors (Lipinski definition) is 15. The van der Waals surface area contributed by atoms with E-state index in [1.165, 1.54) is 0 Å². The molecule has 5 atom stereocenters. The van der Waals surface area contributed by atoms with Gasteiger partial charge in [-0.3, -0.25) is 37.3 Å². The van der Waals surface area contributed by atoms with Crippen molar-refractivity contribution in [2.24, 2.45) is 0 Å². The van der Waals surface area contributed by atoms with E-state index in [9.17, 15) is 43.2 Å². The molecule has 0 spiro atoms. The third kappa shape index (κ3) is 72.8. The maximum Gasteiger partial charge on any atom is 0.472 e. The summed E-state index contributed by atoms with van der Waals surface area (Å²) in [5.41, 5.74) is 0. The Labute approximate surface area is 616 Å². The van der Waals surface area contributed by atoms with Crippen LogP contribution in [-0.2, 0) is 65.4 Å². The van der Waals surface area contributed by atoms with Crippen LogP contribution in [0.2, 0.25) is 0 Å². The molecule has 102 heavy (non-hydrogen) atoms. The van der Waals surface area contributed by atoms with Gasteiger partial charge in [0.1, 0.15) is 19.3 Å². The fraction of sp³-hybridized carbons (Fsp3) is 0.614. The van der Waals surface area contributed by atoms with Crippen LogP contribution in [0.3, 0.4) is 0 Å². The number of unbranched alkanes of at least 4 members (excludes halogenated alkanes) is 16. The predicted octanol–water partition coefficient (Wildman–Crippen LogP) is 22.2. The molecular weight excluding hydrogens is 1330 g/mol. The molecular formula is C83H134O17P2. The first-order valence-corrected chi connectivity index (χ1v) is 41.4. The highest BCUT2D eigenvalue weighted by Crippen LogP contribution is 2.45. The Balaban J connectivity index is 5.46. The molecule has 0 heterocycles. The van der Waals surface area contributed by atoms with Gasteiger partial charge in [-0.25, -0.2) is 9.13 Å². The van der Waals surface area contributed by atoms with Crippen LogP contribution in [0, 0.1) is 0 Å². The maximum absolute atomic E-state index is 13.1. The molecule has 0 radical (unpaired) electrons. The molecule has 0 saturated heterocycles. The van der Waals surface area contributed by atoms with Crippen molar-refractivity contribution in [3.8, 4) is 0 Å². The molecule has 0 aromatic carbocycles. The second-order valence-corrected chi connectivity index (χ2v) is 27.7. The fourth-order valence-corrected chi connectivity index (χ4v) is 11.0. The van der Waals surface area contributed by atoms with E-state index in [-0.39, 0.29) is 25.7 Å². The first kappa shape index (κ1) is 96.4. The topological polar surface area (TPSA) is 237 Å². The normalized spacial score (nSPS) is 14.9. The minimum atomic E-state index is -5.00. The number of aliphatic hydroxyl groups is 1. The van der Waals surface area contributed by atoms with Gasteiger partial charge in [-0.15, -0.1) is 0 Å². The van der Waals surface area contributed by atoms with Gasteiger partial charge in [-0.1, -0.05) is 256 Å². The van der Waals surface area contributed by atoms with Gasteiger partial charge in [0.25, 0.3) is 0 Å². The van der Waals surface area contributed by atoms with Crippen LogP contribution in [0.1, 0.15) is 272 Å². The largest absolute Gasteiger partial charge is 0.472 e. The van der Waals surface area contributed by atoms with Crippen molar-refractivity contribution >= 4 is 39.5 Å². The summed E-state index contributed by atoms with van der Waals surface area (Å²) in [7, 11) is -10.0. The van der Waals surface area contributed by atoms with Crippen LogP contribution in [0.15, 0.2) is 170 Å². The van der Waals surface area contributed by atoms with Crippen molar-refractivity contribution in [1.29, 1.82) is 0 Å². The van der Waals surface area contributed by atoms with E-state index < -0.39 is 97.5 Å². The molecule has 0 aliphatic rings. The van der Waals surface area contributed by atoms with Crippen molar-refractivity contribution in [3.63, 3.8) is 0 Å². The molecule has 5 unspecified atom stereocenters. The zero-order chi connectivity index (χ0) is 74.6. The highest BCUT2D eigenvalue weighted by Gasteiger charge is 2.30. The van der Waals surface area contributed by atoms with E-state index in [0.29, 0.717) is 38.5 Å². The van der Waals surface area contributed by atoms with Gasteiger partial charge in [0.15, 0.2) is 12.2 Å². The lowest BCUT2D eigenvalue weighted by atomic mass is 10.1. The van der Waals surface area contributed by atoms with Crippen molar-refractivity contribution in [3.05, 3.63) is 170 Å². The van der Waals surface area contributed by atoms with Gasteiger partial charge in [0.2, 0.25) is 0 Å². The zero-order valence-electron chi connectivity index (χ0n) is 63.0. The van der Waals surface area contributed by atoms with E-state index in [1.807, 2.05) is 12.2 Å². The number of carbonyl (C=O) groups excluding carboxylic acids is 4. The zero-order valence-corrected chi connectivity index (χ0v) is 64.8. The van der Waals surface area contributed by atoms with E-state index in [4.69, 9.17) is 37.0 Å². The molecule has 0 aliphatic heterocycles. The number of esters is 4. The van der Waals surface area contributed by atoms with Crippen molar-refractivity contribution in [2.45, 2.75) is 290 Å². The SMILES string of the molecule is CC/C=C\C/C=C\C/C=C\C/C=C\C/C=C\CCCC(=O)OCC(COP(=O)(O)OCC(O)COP(=O)(O)OCC(COC(=O)CCCCCCCCC/C=C\C/C=C\C/C=C\CC)OC(=O)CCCC/C=C\C/C=C\C/C=C\C/C=C\CC)OC(=O)CCCCCCC/C=C\C/C=C\CCC. The van der Waals surface area contributed by atoms with Gasteiger partial charge in [-0.2, -0.15) is 0 Å². The molecule has 0 bridgehead atoms. The number of hydrogen-bond donors (Lipinski definition) is 3. The lowest BCUT2D eigenvalue weighted by Gasteiger charge is -2.21. The van der Waals surface area contributed by atoms with E-state index >= 15 is 0 Å². The average Bonchev–Trinajstić information content (AvgIpc) is 0.908. The Morgan fingerprint density at radius 3 is 0.843 bits per heavy atom. The molecule has 0 saturated carbocycles. The van der Waals surface area contributed by atoms with Crippen LogP contribution in [0.25, 0.3) is 0 Å². The van der Waals surface area contributed by atoms with Gasteiger partial charge >= 0.3 is 39.5 Å². The van der Waals surface area contributed by atoms with Crippen LogP contribution in [0.4, 0.5) is 0 Å². The van der Waals surface area contributed by atoms with Gasteiger partial charge in [-0.05, 0) is 161 Å². The number of carbonyl (C=O) groups is 4. The Bertz CT molecular complexity index is 2600. The van der Waals surface area contributed by atoms with Gasteiger partial charge in [0.05, 0.1) is 26.4 Å². The number of aliphatic hydroxyl groups excluding tert-OH is 1. The molecule has 0 rings (SSSR count). The minimum absolute atomic E-state index is 0.0330.